The summed E-state index contributed by atoms with van der Waals surface area (Å²) in [4.78, 5) is 9.44. The number of rotatable bonds is 0. The van der Waals surface area contributed by atoms with Gasteiger partial charge in [0.25, 0.3) is 0 Å². The summed E-state index contributed by atoms with van der Waals surface area (Å²) in [7, 11) is 0. The largest absolute Gasteiger partial charge is 0.300 e. The van der Waals surface area contributed by atoms with Crippen LogP contribution in [0.1, 0.15) is 13.8 Å². The maximum atomic E-state index is 9.44. The predicted octanol–water partition coefficient (Wildman–Crippen LogP) is 0.593. The van der Waals surface area contributed by atoms with Crippen LogP contribution >= 0.6 is 0 Å². The van der Waals surface area contributed by atoms with Crippen LogP contribution < -0.4 is 0 Å². The minimum Gasteiger partial charge on any atom is -0.300 e. The van der Waals surface area contributed by atoms with Gasteiger partial charge in [0.2, 0.25) is 0 Å². The van der Waals surface area contributed by atoms with Crippen LogP contribution in [0.5, 0.6) is 0 Å². The second-order valence-electron chi connectivity index (χ2n) is 0.908. The Kier molecular flexibility index (Phi) is 8.39. The Morgan fingerprint density at radius 3 is 1.40 bits per heavy atom. The van der Waals surface area contributed by atoms with Gasteiger partial charge in [0.15, 0.2) is 0 Å². The van der Waals surface area contributed by atoms with Gasteiger partial charge in [-0.05, 0) is 13.8 Å². The van der Waals surface area contributed by atoms with Gasteiger partial charge in [-0.1, -0.05) is 0 Å². The molecule has 26 valence electrons. The van der Waals surface area contributed by atoms with Crippen molar-refractivity contribution in [3.05, 3.63) is 0 Å². The fourth-order valence-electron chi connectivity index (χ4n) is 0. The van der Waals surface area contributed by atoms with E-state index >= 15 is 0 Å². The maximum Gasteiger partial charge on any atom is 0.126 e. The van der Waals surface area contributed by atoms with E-state index in [4.69, 9.17) is 0 Å². The molecule has 0 spiro atoms. The summed E-state index contributed by atoms with van der Waals surface area (Å²) in [5.74, 6) is 0.167. The molecule has 0 saturated carbocycles. The molecule has 0 aromatic heterocycles. The normalized spacial score (nSPS) is 5.20. The first kappa shape index (κ1) is 9.14. The number of Topliss-reactive ketones (excluding diaryl/α,β-unsaturated/α-hetero) is 1. The van der Waals surface area contributed by atoms with Crippen LogP contribution in [0.2, 0.25) is 0 Å². The quantitative estimate of drug-likeness (QED) is 0.487. The fourth-order valence-corrected chi connectivity index (χ4v) is 0. The number of hydrogen-bond acceptors (Lipinski definition) is 1. The second-order valence-corrected chi connectivity index (χ2v) is 0.908. The van der Waals surface area contributed by atoms with E-state index in [1.807, 2.05) is 0 Å². The van der Waals surface area contributed by atoms with Crippen LogP contribution in [0.15, 0.2) is 0 Å². The molecule has 0 aromatic rings. The van der Waals surface area contributed by atoms with Gasteiger partial charge in [0, 0.05) is 27.3 Å². The van der Waals surface area contributed by atoms with E-state index in [9.17, 15) is 4.79 Å². The zero-order chi connectivity index (χ0) is 3.58. The molecule has 0 aliphatic heterocycles. The van der Waals surface area contributed by atoms with E-state index in [-0.39, 0.29) is 33.1 Å². The summed E-state index contributed by atoms with van der Waals surface area (Å²) in [6.45, 7) is 3.06. The number of carbonyl (C=O) groups excluding carboxylic acids is 1. The van der Waals surface area contributed by atoms with Gasteiger partial charge in [-0.15, -0.1) is 0 Å². The molecule has 0 aromatic carbocycles. The zero-order valence-corrected chi connectivity index (χ0v) is 7.65. The van der Waals surface area contributed by atoms with Gasteiger partial charge < -0.3 is 4.79 Å². The molecular weight excluding hydrogens is 164 g/mol. The molecule has 0 N–H and O–H groups in total. The Hall–Kier alpha value is 0.592. The average molecular weight is 170 g/mol. The average Bonchev–Trinajstić information content (AvgIpc) is 0.811. The molecule has 0 heterocycles. The summed E-state index contributed by atoms with van der Waals surface area (Å²) in [5.41, 5.74) is 0. The summed E-state index contributed by atoms with van der Waals surface area (Å²) in [6.07, 6.45) is 0. The van der Waals surface area contributed by atoms with E-state index < -0.39 is 0 Å². The Balaban J connectivity index is 0. The van der Waals surface area contributed by atoms with E-state index in [0.717, 1.165) is 0 Å². The molecular formula is C3H6CdO. The van der Waals surface area contributed by atoms with Crippen molar-refractivity contribution >= 4 is 5.78 Å². The van der Waals surface area contributed by atoms with Crippen LogP contribution in [0, 0.1) is 0 Å². The third kappa shape index (κ3) is 88.0. The molecule has 0 saturated heterocycles. The van der Waals surface area contributed by atoms with Crippen molar-refractivity contribution in [2.45, 2.75) is 13.8 Å². The first-order chi connectivity index (χ1) is 1.73. The summed E-state index contributed by atoms with van der Waals surface area (Å²) in [5, 5.41) is 0. The molecule has 0 rings (SSSR count). The predicted molar refractivity (Wildman–Crippen MR) is 16.4 cm³/mol. The van der Waals surface area contributed by atoms with Crippen molar-refractivity contribution in [3.8, 4) is 0 Å². The smallest absolute Gasteiger partial charge is 0.126 e. The third-order valence-electron chi connectivity index (χ3n) is 0. The molecule has 0 fully saturated rings. The van der Waals surface area contributed by atoms with E-state index in [1.165, 1.54) is 13.8 Å². The number of carbonyl (C=O) groups is 1. The number of ketones is 1. The Bertz CT molecular complexity index is 29.9. The van der Waals surface area contributed by atoms with Crippen molar-refractivity contribution in [3.63, 3.8) is 0 Å². The molecule has 0 aliphatic carbocycles. The molecule has 0 amide bonds. The van der Waals surface area contributed by atoms with Crippen molar-refractivity contribution in [1.29, 1.82) is 0 Å². The van der Waals surface area contributed by atoms with Crippen LogP contribution in [0.25, 0.3) is 0 Å². The molecule has 0 bridgehead atoms. The molecule has 5 heavy (non-hydrogen) atoms. The van der Waals surface area contributed by atoms with Crippen LogP contribution in [-0.2, 0) is 32.1 Å². The molecule has 0 unspecified atom stereocenters. The van der Waals surface area contributed by atoms with Gasteiger partial charge in [-0.25, -0.2) is 0 Å². The van der Waals surface area contributed by atoms with E-state index in [0.29, 0.717) is 0 Å². The van der Waals surface area contributed by atoms with Crippen molar-refractivity contribution in [2.75, 3.05) is 0 Å². The third-order valence-corrected chi connectivity index (χ3v) is 0. The molecule has 0 aliphatic rings. The fraction of sp³-hybridized carbons (Fsp3) is 0.667. The standard InChI is InChI=1S/C3H6O.Cd/c1-3(2)4;/h1-2H3;. The monoisotopic (exact) mass is 172 g/mol. The molecule has 1 nitrogen and oxygen atoms in total. The summed E-state index contributed by atoms with van der Waals surface area (Å²) >= 11 is 0. The van der Waals surface area contributed by atoms with Crippen molar-refractivity contribution in [2.24, 2.45) is 0 Å². The molecule has 2 heteroatoms. The second kappa shape index (κ2) is 4.59. The van der Waals surface area contributed by atoms with Crippen LogP contribution in [-0.4, -0.2) is 5.78 Å². The van der Waals surface area contributed by atoms with Crippen molar-refractivity contribution < 1.29 is 32.1 Å². The van der Waals surface area contributed by atoms with Crippen LogP contribution in [0.3, 0.4) is 0 Å². The summed E-state index contributed by atoms with van der Waals surface area (Å²) < 4.78 is 0. The van der Waals surface area contributed by atoms with Crippen molar-refractivity contribution in [1.82, 2.24) is 0 Å². The van der Waals surface area contributed by atoms with E-state index in [1.54, 1.807) is 0 Å². The minimum absolute atomic E-state index is 0. The Labute approximate surface area is 51.9 Å². The zero-order valence-electron chi connectivity index (χ0n) is 3.62. The summed E-state index contributed by atoms with van der Waals surface area (Å²) in [6, 6.07) is 0. The Morgan fingerprint density at radius 2 is 1.40 bits per heavy atom. The van der Waals surface area contributed by atoms with Gasteiger partial charge >= 0.3 is 0 Å². The topological polar surface area (TPSA) is 17.1 Å². The Morgan fingerprint density at radius 1 is 1.40 bits per heavy atom. The maximum absolute atomic E-state index is 9.44. The van der Waals surface area contributed by atoms with Crippen LogP contribution in [0.4, 0.5) is 0 Å². The first-order valence-electron chi connectivity index (χ1n) is 1.20. The van der Waals surface area contributed by atoms with Gasteiger partial charge in [-0.2, -0.15) is 0 Å². The van der Waals surface area contributed by atoms with Gasteiger partial charge in [0.05, 0.1) is 0 Å². The first-order valence-corrected chi connectivity index (χ1v) is 1.20. The SMILES string of the molecule is CC(C)=O.[Cd]. The van der Waals surface area contributed by atoms with Gasteiger partial charge in [0.1, 0.15) is 5.78 Å². The van der Waals surface area contributed by atoms with Gasteiger partial charge in [-0.3, -0.25) is 0 Å². The minimum atomic E-state index is 0. The number of hydrogen-bond donors (Lipinski definition) is 0. The molecule has 0 atom stereocenters. The molecule has 0 radical (unpaired) electrons. The van der Waals surface area contributed by atoms with E-state index in [2.05, 4.69) is 0 Å².